The van der Waals surface area contributed by atoms with E-state index < -0.39 is 0 Å². The minimum atomic E-state index is -0.281. The molecule has 5 heteroatoms. The molecule has 0 saturated carbocycles. The van der Waals surface area contributed by atoms with E-state index in [-0.39, 0.29) is 11.6 Å². The summed E-state index contributed by atoms with van der Waals surface area (Å²) in [5.41, 5.74) is 4.12. The van der Waals surface area contributed by atoms with Gasteiger partial charge in [-0.25, -0.2) is 9.37 Å². The van der Waals surface area contributed by atoms with Gasteiger partial charge in [0.1, 0.15) is 11.5 Å². The molecule has 0 spiro atoms. The maximum absolute atomic E-state index is 13.3. The average Bonchev–Trinajstić information content (AvgIpc) is 2.68. The van der Waals surface area contributed by atoms with E-state index in [2.05, 4.69) is 16.0 Å². The van der Waals surface area contributed by atoms with Gasteiger partial charge in [-0.15, -0.1) is 0 Å². The molecule has 0 unspecified atom stereocenters. The van der Waals surface area contributed by atoms with Crippen LogP contribution in [0.3, 0.4) is 0 Å². The fourth-order valence-electron chi connectivity index (χ4n) is 3.44. The first-order valence-electron chi connectivity index (χ1n) is 9.11. The Balaban J connectivity index is 1.78. The van der Waals surface area contributed by atoms with Crippen LogP contribution in [-0.4, -0.2) is 42.0 Å². The number of morpholine rings is 1. The standard InChI is InChI=1S/C22H21FN2O2/c1-15(26)21-13-20(17-3-5-18(23)6-4-17)19-7-2-16(12-22(19)24-21)14-25-8-10-27-11-9-25/h2-7,12-13H,8-11,14H2,1H3. The Morgan fingerprint density at radius 3 is 2.56 bits per heavy atom. The molecule has 138 valence electrons. The molecule has 1 saturated heterocycles. The molecule has 0 atom stereocenters. The summed E-state index contributed by atoms with van der Waals surface area (Å²) in [5, 5.41) is 0.956. The van der Waals surface area contributed by atoms with Crippen molar-refractivity contribution >= 4 is 16.7 Å². The molecule has 27 heavy (non-hydrogen) atoms. The summed E-state index contributed by atoms with van der Waals surface area (Å²) in [4.78, 5) is 18.9. The second-order valence-corrected chi connectivity index (χ2v) is 6.86. The lowest BCUT2D eigenvalue weighted by Gasteiger charge is -2.26. The van der Waals surface area contributed by atoms with Gasteiger partial charge in [0.25, 0.3) is 0 Å². The summed E-state index contributed by atoms with van der Waals surface area (Å²) >= 11 is 0. The number of hydrogen-bond donors (Lipinski definition) is 0. The van der Waals surface area contributed by atoms with Crippen molar-refractivity contribution in [1.82, 2.24) is 9.88 Å². The molecule has 1 aromatic heterocycles. The number of halogens is 1. The highest BCUT2D eigenvalue weighted by molar-refractivity contribution is 6.01. The maximum Gasteiger partial charge on any atom is 0.178 e. The lowest BCUT2D eigenvalue weighted by molar-refractivity contribution is 0.0342. The van der Waals surface area contributed by atoms with E-state index in [1.54, 1.807) is 18.2 Å². The van der Waals surface area contributed by atoms with E-state index in [0.29, 0.717) is 5.69 Å². The van der Waals surface area contributed by atoms with Gasteiger partial charge in [-0.1, -0.05) is 24.3 Å². The lowest BCUT2D eigenvalue weighted by Crippen LogP contribution is -2.35. The third kappa shape index (κ3) is 3.89. The second-order valence-electron chi connectivity index (χ2n) is 6.86. The van der Waals surface area contributed by atoms with Crippen molar-refractivity contribution in [2.75, 3.05) is 26.3 Å². The number of ether oxygens (including phenoxy) is 1. The zero-order valence-corrected chi connectivity index (χ0v) is 15.2. The number of ketones is 1. The number of nitrogens with zero attached hydrogens (tertiary/aromatic N) is 2. The fourth-order valence-corrected chi connectivity index (χ4v) is 3.44. The number of aromatic nitrogens is 1. The largest absolute Gasteiger partial charge is 0.379 e. The molecule has 4 nitrogen and oxygen atoms in total. The van der Waals surface area contributed by atoms with Gasteiger partial charge in [0, 0.05) is 31.9 Å². The summed E-state index contributed by atoms with van der Waals surface area (Å²) in [7, 11) is 0. The van der Waals surface area contributed by atoms with Crippen molar-refractivity contribution < 1.29 is 13.9 Å². The summed E-state index contributed by atoms with van der Waals surface area (Å²) in [6.45, 7) is 5.70. The van der Waals surface area contributed by atoms with Crippen LogP contribution < -0.4 is 0 Å². The number of rotatable bonds is 4. The molecule has 0 aliphatic carbocycles. The van der Waals surface area contributed by atoms with E-state index in [9.17, 15) is 9.18 Å². The van der Waals surface area contributed by atoms with Crippen molar-refractivity contribution in [3.63, 3.8) is 0 Å². The molecule has 1 fully saturated rings. The first-order chi connectivity index (χ1) is 13.1. The normalized spacial score (nSPS) is 15.2. The zero-order valence-electron chi connectivity index (χ0n) is 15.2. The highest BCUT2D eigenvalue weighted by Crippen LogP contribution is 2.30. The number of hydrogen-bond acceptors (Lipinski definition) is 4. The number of fused-ring (bicyclic) bond motifs is 1. The first-order valence-corrected chi connectivity index (χ1v) is 9.11. The zero-order chi connectivity index (χ0) is 18.8. The predicted molar refractivity (Wildman–Crippen MR) is 103 cm³/mol. The SMILES string of the molecule is CC(=O)c1cc(-c2ccc(F)cc2)c2ccc(CN3CCOCC3)cc2n1. The number of Topliss-reactive ketones (excluding diaryl/α,β-unsaturated/α-hetero) is 1. The van der Waals surface area contributed by atoms with Gasteiger partial charge in [-0.3, -0.25) is 9.69 Å². The predicted octanol–water partition coefficient (Wildman–Crippen LogP) is 4.08. The minimum absolute atomic E-state index is 0.0844. The summed E-state index contributed by atoms with van der Waals surface area (Å²) in [6.07, 6.45) is 0. The van der Waals surface area contributed by atoms with Gasteiger partial charge in [-0.05, 0) is 41.0 Å². The Bertz CT molecular complexity index is 980. The lowest BCUT2D eigenvalue weighted by atomic mass is 9.98. The van der Waals surface area contributed by atoms with Crippen molar-refractivity contribution in [3.05, 3.63) is 65.6 Å². The van der Waals surface area contributed by atoms with Gasteiger partial charge < -0.3 is 4.74 Å². The minimum Gasteiger partial charge on any atom is -0.379 e. The van der Waals surface area contributed by atoms with Crippen molar-refractivity contribution in [3.8, 4) is 11.1 Å². The number of pyridine rings is 1. The molecule has 2 heterocycles. The van der Waals surface area contributed by atoms with Crippen LogP contribution in [0.5, 0.6) is 0 Å². The molecule has 4 rings (SSSR count). The van der Waals surface area contributed by atoms with Crippen molar-refractivity contribution in [1.29, 1.82) is 0 Å². The summed E-state index contributed by atoms with van der Waals surface area (Å²) in [5.74, 6) is -0.365. The molecular weight excluding hydrogens is 343 g/mol. The van der Waals surface area contributed by atoms with Gasteiger partial charge in [-0.2, -0.15) is 0 Å². The van der Waals surface area contributed by atoms with Crippen LogP contribution in [0.2, 0.25) is 0 Å². The number of carbonyl (C=O) groups is 1. The van der Waals surface area contributed by atoms with Crippen LogP contribution >= 0.6 is 0 Å². The Morgan fingerprint density at radius 2 is 1.85 bits per heavy atom. The van der Waals surface area contributed by atoms with E-state index in [0.717, 1.165) is 60.4 Å². The third-order valence-electron chi connectivity index (χ3n) is 4.90. The monoisotopic (exact) mass is 364 g/mol. The second kappa shape index (κ2) is 7.55. The first kappa shape index (κ1) is 17.8. The summed E-state index contributed by atoms with van der Waals surface area (Å²) < 4.78 is 18.7. The molecule has 0 N–H and O–H groups in total. The molecule has 2 aromatic carbocycles. The fraction of sp³-hybridized carbons (Fsp3) is 0.273. The quantitative estimate of drug-likeness (QED) is 0.655. The maximum atomic E-state index is 13.3. The van der Waals surface area contributed by atoms with Crippen LogP contribution in [0.25, 0.3) is 22.0 Å². The van der Waals surface area contributed by atoms with Gasteiger partial charge in [0.15, 0.2) is 5.78 Å². The Labute approximate surface area is 157 Å². The van der Waals surface area contributed by atoms with Crippen LogP contribution in [-0.2, 0) is 11.3 Å². The van der Waals surface area contributed by atoms with E-state index in [1.807, 2.05) is 12.1 Å². The van der Waals surface area contributed by atoms with E-state index in [1.165, 1.54) is 19.1 Å². The smallest absolute Gasteiger partial charge is 0.178 e. The molecule has 3 aromatic rings. The third-order valence-corrected chi connectivity index (χ3v) is 4.90. The van der Waals surface area contributed by atoms with Crippen LogP contribution in [0.15, 0.2) is 48.5 Å². The van der Waals surface area contributed by atoms with Crippen molar-refractivity contribution in [2.24, 2.45) is 0 Å². The van der Waals surface area contributed by atoms with Crippen LogP contribution in [0, 0.1) is 5.82 Å². The van der Waals surface area contributed by atoms with Crippen molar-refractivity contribution in [2.45, 2.75) is 13.5 Å². The molecule has 1 aliphatic rings. The molecule has 0 radical (unpaired) electrons. The topological polar surface area (TPSA) is 42.4 Å². The molecule has 1 aliphatic heterocycles. The van der Waals surface area contributed by atoms with Gasteiger partial charge in [0.05, 0.1) is 18.7 Å². The highest BCUT2D eigenvalue weighted by atomic mass is 19.1. The summed E-state index contributed by atoms with van der Waals surface area (Å²) in [6, 6.07) is 14.3. The average molecular weight is 364 g/mol. The van der Waals surface area contributed by atoms with Crippen LogP contribution in [0.4, 0.5) is 4.39 Å². The van der Waals surface area contributed by atoms with Gasteiger partial charge >= 0.3 is 0 Å². The number of benzene rings is 2. The van der Waals surface area contributed by atoms with Gasteiger partial charge in [0.2, 0.25) is 0 Å². The van der Waals surface area contributed by atoms with E-state index in [4.69, 9.17) is 4.74 Å². The van der Waals surface area contributed by atoms with Crippen LogP contribution in [0.1, 0.15) is 23.0 Å². The Kier molecular flexibility index (Phi) is 4.97. The molecule has 0 amide bonds. The molecule has 0 bridgehead atoms. The Morgan fingerprint density at radius 1 is 1.11 bits per heavy atom. The number of carbonyl (C=O) groups excluding carboxylic acids is 1. The Hall–Kier alpha value is -2.63. The highest BCUT2D eigenvalue weighted by Gasteiger charge is 2.14. The molecular formula is C22H21FN2O2. The van der Waals surface area contributed by atoms with E-state index >= 15 is 0 Å².